The summed E-state index contributed by atoms with van der Waals surface area (Å²) in [5, 5.41) is 4.82. The molecule has 9 heavy (non-hydrogen) atoms. The van der Waals surface area contributed by atoms with E-state index in [0.717, 1.165) is 0 Å². The van der Waals surface area contributed by atoms with E-state index < -0.39 is 14.8 Å². The molecule has 0 aliphatic rings. The summed E-state index contributed by atoms with van der Waals surface area (Å²) >= 11 is 0. The average Bonchev–Trinajstić information content (AvgIpc) is 1.64. The van der Waals surface area contributed by atoms with Crippen LogP contribution in [0.1, 0.15) is 13.8 Å². The van der Waals surface area contributed by atoms with Crippen LogP contribution in [0.25, 0.3) is 0 Å². The summed E-state index contributed by atoms with van der Waals surface area (Å²) in [6.07, 6.45) is 0. The van der Waals surface area contributed by atoms with Gasteiger partial charge in [0, 0.05) is 6.54 Å². The summed E-state index contributed by atoms with van der Waals surface area (Å²) in [6, 6.07) is 0. The molecule has 4 N–H and O–H groups in total. The van der Waals surface area contributed by atoms with Crippen molar-refractivity contribution in [2.24, 2.45) is 10.9 Å². The highest BCUT2D eigenvalue weighted by atomic mass is 32.2. The summed E-state index contributed by atoms with van der Waals surface area (Å²) in [5.74, 6) is 0. The molecule has 0 radical (unpaired) electrons. The third kappa shape index (κ3) is 1.92. The van der Waals surface area contributed by atoms with Gasteiger partial charge < -0.3 is 5.73 Å². The predicted molar refractivity (Wildman–Crippen MR) is 36.2 cm³/mol. The first-order chi connectivity index (χ1) is 3.81. The second kappa shape index (κ2) is 2.24. The zero-order chi connectivity index (χ0) is 7.71. The minimum atomic E-state index is -3.48. The lowest BCUT2D eigenvalue weighted by Gasteiger charge is -2.18. The maximum Gasteiger partial charge on any atom is 0.215 e. The molecule has 0 spiro atoms. The minimum absolute atomic E-state index is 0.0475. The van der Waals surface area contributed by atoms with Gasteiger partial charge in [-0.1, -0.05) is 0 Å². The molecule has 0 unspecified atom stereocenters. The molecular formula is C4H12N2O2S. The van der Waals surface area contributed by atoms with Crippen molar-refractivity contribution in [3.8, 4) is 0 Å². The molecule has 0 fully saturated rings. The SMILES string of the molecule is CC(C)(CN)S(N)(=O)=O. The fourth-order valence-electron chi connectivity index (χ4n) is 0.116. The van der Waals surface area contributed by atoms with Crippen molar-refractivity contribution in [3.63, 3.8) is 0 Å². The monoisotopic (exact) mass is 152 g/mol. The standard InChI is InChI=1S/C4H12N2O2S/c1-4(2,3-5)9(6,7)8/h3,5H2,1-2H3,(H2,6,7,8). The first-order valence-electron chi connectivity index (χ1n) is 2.53. The lowest BCUT2D eigenvalue weighted by molar-refractivity contribution is 0.550. The molecule has 0 aliphatic heterocycles. The fraction of sp³-hybridized carbons (Fsp3) is 1.00. The fourth-order valence-corrected chi connectivity index (χ4v) is 0.348. The average molecular weight is 152 g/mol. The molecular weight excluding hydrogens is 140 g/mol. The van der Waals surface area contributed by atoms with E-state index in [9.17, 15) is 8.42 Å². The Kier molecular flexibility index (Phi) is 2.21. The first-order valence-corrected chi connectivity index (χ1v) is 4.08. The Morgan fingerprint density at radius 3 is 1.78 bits per heavy atom. The summed E-state index contributed by atoms with van der Waals surface area (Å²) < 4.78 is 20.2. The number of hydrogen-bond donors (Lipinski definition) is 2. The van der Waals surface area contributed by atoms with Crippen LogP contribution >= 0.6 is 0 Å². The predicted octanol–water partition coefficient (Wildman–Crippen LogP) is -0.988. The minimum Gasteiger partial charge on any atom is -0.329 e. The second-order valence-corrected chi connectivity index (χ2v) is 4.70. The quantitative estimate of drug-likeness (QED) is 0.532. The van der Waals surface area contributed by atoms with E-state index in [-0.39, 0.29) is 6.54 Å². The zero-order valence-corrected chi connectivity index (χ0v) is 6.40. The number of rotatable bonds is 2. The molecule has 4 nitrogen and oxygen atoms in total. The van der Waals surface area contributed by atoms with Crippen LogP contribution in [-0.2, 0) is 10.0 Å². The van der Waals surface area contributed by atoms with Crippen molar-refractivity contribution in [1.29, 1.82) is 0 Å². The topological polar surface area (TPSA) is 86.2 Å². The van der Waals surface area contributed by atoms with Gasteiger partial charge in [0.1, 0.15) is 0 Å². The number of sulfonamides is 1. The highest BCUT2D eigenvalue weighted by molar-refractivity contribution is 7.90. The molecule has 0 aromatic heterocycles. The van der Waals surface area contributed by atoms with E-state index >= 15 is 0 Å². The Morgan fingerprint density at radius 1 is 1.44 bits per heavy atom. The molecule has 0 atom stereocenters. The van der Waals surface area contributed by atoms with Crippen LogP contribution in [0.3, 0.4) is 0 Å². The van der Waals surface area contributed by atoms with Crippen LogP contribution in [0.2, 0.25) is 0 Å². The highest BCUT2D eigenvalue weighted by Crippen LogP contribution is 2.08. The lowest BCUT2D eigenvalue weighted by atomic mass is 10.2. The Labute approximate surface area is 55.3 Å². The molecule has 0 saturated heterocycles. The van der Waals surface area contributed by atoms with Crippen LogP contribution < -0.4 is 10.9 Å². The Bertz CT molecular complexity index is 183. The molecule has 0 saturated carbocycles. The first kappa shape index (κ1) is 8.87. The van der Waals surface area contributed by atoms with Crippen LogP contribution in [-0.4, -0.2) is 19.7 Å². The summed E-state index contributed by atoms with van der Waals surface area (Å²) in [5.41, 5.74) is 5.13. The number of hydrogen-bond acceptors (Lipinski definition) is 3. The lowest BCUT2D eigenvalue weighted by Crippen LogP contribution is -2.43. The molecule has 0 heterocycles. The number of nitrogens with two attached hydrogens (primary N) is 2. The van der Waals surface area contributed by atoms with Gasteiger partial charge in [0.2, 0.25) is 10.0 Å². The van der Waals surface area contributed by atoms with Gasteiger partial charge in [-0.15, -0.1) is 0 Å². The van der Waals surface area contributed by atoms with Gasteiger partial charge in [-0.2, -0.15) is 0 Å². The van der Waals surface area contributed by atoms with Gasteiger partial charge in [0.05, 0.1) is 4.75 Å². The Balaban J connectivity index is 4.56. The third-order valence-electron chi connectivity index (χ3n) is 1.26. The smallest absolute Gasteiger partial charge is 0.215 e. The Morgan fingerprint density at radius 2 is 1.78 bits per heavy atom. The van der Waals surface area contributed by atoms with E-state index in [1.807, 2.05) is 0 Å². The van der Waals surface area contributed by atoms with E-state index in [1.165, 1.54) is 13.8 Å². The van der Waals surface area contributed by atoms with Gasteiger partial charge in [0.15, 0.2) is 0 Å². The van der Waals surface area contributed by atoms with Gasteiger partial charge in [-0.05, 0) is 13.8 Å². The second-order valence-electron chi connectivity index (χ2n) is 2.51. The molecule has 0 aromatic rings. The molecule has 0 amide bonds. The van der Waals surface area contributed by atoms with E-state index in [2.05, 4.69) is 0 Å². The summed E-state index contributed by atoms with van der Waals surface area (Å²) in [7, 11) is -3.48. The van der Waals surface area contributed by atoms with Crippen molar-refractivity contribution in [2.45, 2.75) is 18.6 Å². The van der Waals surface area contributed by atoms with Gasteiger partial charge in [-0.3, -0.25) is 0 Å². The maximum atomic E-state index is 10.6. The van der Waals surface area contributed by atoms with Crippen molar-refractivity contribution < 1.29 is 8.42 Å². The molecule has 5 heteroatoms. The molecule has 56 valence electrons. The third-order valence-corrected chi connectivity index (χ3v) is 2.97. The van der Waals surface area contributed by atoms with E-state index in [0.29, 0.717) is 0 Å². The number of primary sulfonamides is 1. The van der Waals surface area contributed by atoms with Crippen molar-refractivity contribution in [2.75, 3.05) is 6.54 Å². The van der Waals surface area contributed by atoms with Crippen molar-refractivity contribution >= 4 is 10.0 Å². The van der Waals surface area contributed by atoms with Gasteiger partial charge >= 0.3 is 0 Å². The van der Waals surface area contributed by atoms with Gasteiger partial charge in [0.25, 0.3) is 0 Å². The van der Waals surface area contributed by atoms with E-state index in [4.69, 9.17) is 10.9 Å². The summed E-state index contributed by atoms with van der Waals surface area (Å²) in [4.78, 5) is 0. The molecule has 0 aromatic carbocycles. The van der Waals surface area contributed by atoms with Crippen molar-refractivity contribution in [1.82, 2.24) is 0 Å². The highest BCUT2D eigenvalue weighted by Gasteiger charge is 2.28. The molecule has 0 bridgehead atoms. The van der Waals surface area contributed by atoms with E-state index in [1.54, 1.807) is 0 Å². The molecule has 0 rings (SSSR count). The Hall–Kier alpha value is -0.130. The van der Waals surface area contributed by atoms with Crippen LogP contribution in [0.5, 0.6) is 0 Å². The summed E-state index contributed by atoms with van der Waals surface area (Å²) in [6.45, 7) is 3.02. The van der Waals surface area contributed by atoms with Crippen LogP contribution in [0.4, 0.5) is 0 Å². The molecule has 0 aliphatic carbocycles. The maximum absolute atomic E-state index is 10.6. The largest absolute Gasteiger partial charge is 0.329 e. The van der Waals surface area contributed by atoms with Crippen LogP contribution in [0, 0.1) is 0 Å². The van der Waals surface area contributed by atoms with Gasteiger partial charge in [-0.25, -0.2) is 13.6 Å². The zero-order valence-electron chi connectivity index (χ0n) is 5.59. The van der Waals surface area contributed by atoms with Crippen molar-refractivity contribution in [3.05, 3.63) is 0 Å². The normalized spacial score (nSPS) is 13.8. The van der Waals surface area contributed by atoms with Crippen LogP contribution in [0.15, 0.2) is 0 Å².